The van der Waals surface area contributed by atoms with Crippen LogP contribution in [0.3, 0.4) is 0 Å². The Labute approximate surface area is 330 Å². The van der Waals surface area contributed by atoms with Gasteiger partial charge in [0.15, 0.2) is 0 Å². The summed E-state index contributed by atoms with van der Waals surface area (Å²) in [5.41, 5.74) is 8.63. The monoisotopic (exact) mass is 783 g/mol. The molecule has 0 radical (unpaired) electrons. The minimum Gasteiger partial charge on any atom is -0.491 e. The highest BCUT2D eigenvalue weighted by Gasteiger charge is 2.43. The highest BCUT2D eigenvalue weighted by molar-refractivity contribution is 5.94. The topological polar surface area (TPSA) is 191 Å². The van der Waals surface area contributed by atoms with Crippen molar-refractivity contribution in [3.05, 3.63) is 64.7 Å². The van der Waals surface area contributed by atoms with Gasteiger partial charge < -0.3 is 50.1 Å². The normalized spacial score (nSPS) is 17.6. The maximum atomic E-state index is 14.7. The zero-order valence-electron chi connectivity index (χ0n) is 33.6. The second-order valence-corrected chi connectivity index (χ2v) is 15.2. The molecular weight excluding hydrogens is 722 g/mol. The molecule has 0 aromatic heterocycles. The average molecular weight is 784 g/mol. The Morgan fingerprint density at radius 3 is 2.14 bits per heavy atom. The molecule has 5 N–H and O–H groups in total. The third-order valence-electron chi connectivity index (χ3n) is 10.1. The molecule has 2 unspecified atom stereocenters. The molecule has 56 heavy (non-hydrogen) atoms. The maximum absolute atomic E-state index is 14.7. The van der Waals surface area contributed by atoms with E-state index >= 15 is 0 Å². The second-order valence-electron chi connectivity index (χ2n) is 15.2. The van der Waals surface area contributed by atoms with Gasteiger partial charge in [-0.2, -0.15) is 0 Å². The molecule has 1 aliphatic carbocycles. The van der Waals surface area contributed by atoms with Crippen LogP contribution in [0.2, 0.25) is 0 Å². The molecule has 2 aromatic rings. The average Bonchev–Trinajstić information content (AvgIpc) is 3.18. The van der Waals surface area contributed by atoms with Crippen molar-refractivity contribution in [3.63, 3.8) is 0 Å². The Bertz CT molecular complexity index is 1600. The van der Waals surface area contributed by atoms with Crippen molar-refractivity contribution < 1.29 is 48.0 Å². The Kier molecular flexibility index (Phi) is 17.4. The number of carbonyl (C=O) groups is 4. The number of carboxylic acid groups (broad SMARTS) is 1. The number of fused-ring (bicyclic) bond motifs is 2. The van der Waals surface area contributed by atoms with E-state index in [9.17, 15) is 24.3 Å². The lowest BCUT2D eigenvalue weighted by Gasteiger charge is -2.42. The maximum Gasteiger partial charge on any atom is 0.407 e. The summed E-state index contributed by atoms with van der Waals surface area (Å²) in [5.74, 6) is -0.725. The molecule has 2 aromatic carbocycles. The van der Waals surface area contributed by atoms with E-state index in [1.54, 1.807) is 4.90 Å². The number of nitrogens with two attached hydrogens (primary N) is 1. The molecule has 0 saturated heterocycles. The van der Waals surface area contributed by atoms with Crippen molar-refractivity contribution in [2.45, 2.75) is 84.1 Å². The summed E-state index contributed by atoms with van der Waals surface area (Å²) in [7, 11) is 1.30. The predicted octanol–water partition coefficient (Wildman–Crippen LogP) is 3.07. The van der Waals surface area contributed by atoms with Gasteiger partial charge in [0.25, 0.3) is 0 Å². The van der Waals surface area contributed by atoms with E-state index in [-0.39, 0.29) is 24.9 Å². The first-order valence-electron chi connectivity index (χ1n) is 19.5. The molecule has 1 heterocycles. The molecule has 4 amide bonds. The number of hydrogen-bond donors (Lipinski definition) is 4. The van der Waals surface area contributed by atoms with Gasteiger partial charge >= 0.3 is 6.09 Å². The Morgan fingerprint density at radius 1 is 0.893 bits per heavy atom. The number of carbonyl (C=O) groups excluding carboxylic acids is 3. The quantitative estimate of drug-likeness (QED) is 0.136. The Morgan fingerprint density at radius 2 is 1.52 bits per heavy atom. The van der Waals surface area contributed by atoms with Gasteiger partial charge in [0, 0.05) is 26.6 Å². The van der Waals surface area contributed by atoms with E-state index in [0.29, 0.717) is 71.8 Å². The van der Waals surface area contributed by atoms with Crippen LogP contribution in [0.15, 0.2) is 42.5 Å². The highest BCUT2D eigenvalue weighted by atomic mass is 16.6. The Hall–Kier alpha value is -4.28. The van der Waals surface area contributed by atoms with Gasteiger partial charge in [0.1, 0.15) is 30.5 Å². The molecule has 1 aliphatic heterocycles. The summed E-state index contributed by atoms with van der Waals surface area (Å²) < 4.78 is 27.9. The zero-order chi connectivity index (χ0) is 40.7. The number of rotatable bonds is 21. The number of ether oxygens (including phenoxy) is 5. The fourth-order valence-corrected chi connectivity index (χ4v) is 6.77. The van der Waals surface area contributed by atoms with Crippen LogP contribution < -0.4 is 21.1 Å². The van der Waals surface area contributed by atoms with E-state index in [4.69, 9.17) is 29.4 Å². The van der Waals surface area contributed by atoms with Crippen LogP contribution in [0.1, 0.15) is 68.8 Å². The van der Waals surface area contributed by atoms with Crippen LogP contribution in [0.4, 0.5) is 4.79 Å². The number of nitrogens with zero attached hydrogens (tertiary/aromatic N) is 2. The SMILES string of the molecule is CC(C(=O)NC(C(=O)N1Cc2cc(OCCOCCOCCOCCOCCN)ccc2C[C@H]1C(=O)N[C@@H]1CCCc2ccccc21)C(C)(C)C)N(C)C(=O)O. The van der Waals surface area contributed by atoms with E-state index in [1.807, 2.05) is 57.2 Å². The summed E-state index contributed by atoms with van der Waals surface area (Å²) in [4.78, 5) is 56.3. The van der Waals surface area contributed by atoms with Gasteiger partial charge in [-0.1, -0.05) is 51.1 Å². The fourth-order valence-electron chi connectivity index (χ4n) is 6.77. The third-order valence-corrected chi connectivity index (χ3v) is 10.1. The first-order chi connectivity index (χ1) is 26.8. The molecule has 4 rings (SSSR count). The van der Waals surface area contributed by atoms with Crippen molar-refractivity contribution in [1.29, 1.82) is 0 Å². The lowest BCUT2D eigenvalue weighted by Crippen LogP contribution is -2.62. The summed E-state index contributed by atoms with van der Waals surface area (Å²) in [6.07, 6.45) is 1.66. The number of amides is 4. The summed E-state index contributed by atoms with van der Waals surface area (Å²) in [6, 6.07) is 10.6. The predicted molar refractivity (Wildman–Crippen MR) is 209 cm³/mol. The minimum atomic E-state index is -1.27. The van der Waals surface area contributed by atoms with Crippen LogP contribution in [0, 0.1) is 5.41 Å². The van der Waals surface area contributed by atoms with Crippen LogP contribution in [0.5, 0.6) is 5.75 Å². The molecule has 0 fully saturated rings. The van der Waals surface area contributed by atoms with Crippen molar-refractivity contribution >= 4 is 23.8 Å². The van der Waals surface area contributed by atoms with Gasteiger partial charge in [-0.05, 0) is 66.0 Å². The summed E-state index contributed by atoms with van der Waals surface area (Å²) >= 11 is 0. The van der Waals surface area contributed by atoms with Crippen LogP contribution in [-0.2, 0) is 52.7 Å². The molecule has 15 nitrogen and oxygen atoms in total. The van der Waals surface area contributed by atoms with E-state index in [1.165, 1.54) is 19.5 Å². The first kappa shape index (κ1) is 44.4. The molecule has 0 bridgehead atoms. The van der Waals surface area contributed by atoms with E-state index in [0.717, 1.165) is 40.9 Å². The van der Waals surface area contributed by atoms with Gasteiger partial charge in [-0.15, -0.1) is 0 Å². The molecule has 310 valence electrons. The standard InChI is InChI=1S/C41H61N5O10/c1-28(45(5)40(50)51)37(47)44-36(41(2,3)4)39(49)46-27-31-25-32(56-24-23-55-22-21-54-20-19-53-18-17-52-16-15-42)14-13-30(31)26-35(46)38(48)43-34-12-8-10-29-9-6-7-11-33(29)34/h6-7,9,11,13-14,25,28,34-36H,8,10,12,15-24,26-27,42H2,1-5H3,(H,43,48)(H,44,47)(H,50,51)/t28?,34-,35+,36?/m1/s1. The van der Waals surface area contributed by atoms with Gasteiger partial charge in [0.05, 0.1) is 58.9 Å². The number of likely N-dealkylation sites (N-methyl/N-ethyl adjacent to an activating group) is 1. The van der Waals surface area contributed by atoms with Gasteiger partial charge in [-0.25, -0.2) is 4.79 Å². The highest BCUT2D eigenvalue weighted by Crippen LogP contribution is 2.33. The van der Waals surface area contributed by atoms with E-state index < -0.39 is 41.4 Å². The fraction of sp³-hybridized carbons (Fsp3) is 0.610. The molecule has 2 aliphatic rings. The van der Waals surface area contributed by atoms with Crippen LogP contribution in [0.25, 0.3) is 0 Å². The van der Waals surface area contributed by atoms with Crippen LogP contribution >= 0.6 is 0 Å². The number of hydrogen-bond acceptors (Lipinski definition) is 10. The molecular formula is C41H61N5O10. The summed E-state index contributed by atoms with van der Waals surface area (Å²) in [5, 5.41) is 15.5. The van der Waals surface area contributed by atoms with Crippen molar-refractivity contribution in [1.82, 2.24) is 20.4 Å². The number of benzene rings is 2. The number of nitrogens with one attached hydrogen (secondary N) is 2. The van der Waals surface area contributed by atoms with Crippen LogP contribution in [-0.4, -0.2) is 130 Å². The van der Waals surface area contributed by atoms with Gasteiger partial charge in [0.2, 0.25) is 17.7 Å². The number of aryl methyl sites for hydroxylation is 1. The van der Waals surface area contributed by atoms with E-state index in [2.05, 4.69) is 16.7 Å². The largest absolute Gasteiger partial charge is 0.491 e. The van der Waals surface area contributed by atoms with Crippen molar-refractivity contribution in [3.8, 4) is 5.75 Å². The minimum absolute atomic E-state index is 0.107. The second kappa shape index (κ2) is 21.9. The van der Waals surface area contributed by atoms with Crippen molar-refractivity contribution in [2.24, 2.45) is 11.1 Å². The van der Waals surface area contributed by atoms with Crippen molar-refractivity contribution in [2.75, 3.05) is 73.1 Å². The molecule has 15 heteroatoms. The molecule has 4 atom stereocenters. The lowest BCUT2D eigenvalue weighted by molar-refractivity contribution is -0.147. The first-order valence-corrected chi connectivity index (χ1v) is 19.5. The smallest absolute Gasteiger partial charge is 0.407 e. The van der Waals surface area contributed by atoms with Gasteiger partial charge in [-0.3, -0.25) is 19.3 Å². The zero-order valence-corrected chi connectivity index (χ0v) is 33.6. The summed E-state index contributed by atoms with van der Waals surface area (Å²) in [6.45, 7) is 11.4. The third kappa shape index (κ3) is 12.9. The molecule has 0 spiro atoms. The molecule has 0 saturated carbocycles. The lowest BCUT2D eigenvalue weighted by atomic mass is 9.83. The Balaban J connectivity index is 1.42.